The Kier molecular flexibility index (Phi) is 19.7. The van der Waals surface area contributed by atoms with E-state index >= 15 is 0 Å². The molecule has 31 heavy (non-hydrogen) atoms. The molecule has 0 saturated heterocycles. The molecule has 0 aromatic heterocycles. The maximum absolute atomic E-state index is 12.2. The van der Waals surface area contributed by atoms with Crippen LogP contribution in [0.25, 0.3) is 0 Å². The van der Waals surface area contributed by atoms with Crippen LogP contribution in [0, 0.1) is 0 Å². The minimum atomic E-state index is -0.833. The minimum absolute atomic E-state index is 0.120. The van der Waals surface area contributed by atoms with E-state index < -0.39 is 5.97 Å². The molecule has 6 heteroatoms. The van der Waals surface area contributed by atoms with Crippen LogP contribution in [-0.2, 0) is 19.1 Å². The number of esters is 1. The molecule has 1 fully saturated rings. The highest BCUT2D eigenvalue weighted by molar-refractivity contribution is 8.01. The van der Waals surface area contributed by atoms with Gasteiger partial charge in [0.2, 0.25) is 0 Å². The first-order valence-electron chi connectivity index (χ1n) is 12.0. The van der Waals surface area contributed by atoms with Gasteiger partial charge < -0.3 is 9.84 Å². The highest BCUT2D eigenvalue weighted by Gasteiger charge is 2.27. The van der Waals surface area contributed by atoms with E-state index in [4.69, 9.17) is 14.6 Å². The lowest BCUT2D eigenvalue weighted by atomic mass is 9.92. The highest BCUT2D eigenvalue weighted by atomic mass is 32.2. The summed E-state index contributed by atoms with van der Waals surface area (Å²) in [5.74, 6) is -0.536. The lowest BCUT2D eigenvalue weighted by Crippen LogP contribution is -2.25. The molecule has 1 aliphatic rings. The Bertz CT molecular complexity index is 526. The van der Waals surface area contributed by atoms with Crippen LogP contribution in [0.3, 0.4) is 0 Å². The number of unbranched alkanes of at least 4 members (excludes halogenated alkanes) is 11. The van der Waals surface area contributed by atoms with E-state index in [1.54, 1.807) is 0 Å². The Labute approximate surface area is 193 Å². The van der Waals surface area contributed by atoms with Crippen LogP contribution in [0.1, 0.15) is 110 Å². The Hall–Kier alpha value is -1.30. The number of rotatable bonds is 15. The standard InChI is InChI=1S/C23H40O3S.C2H4O2/c1-3-4-5-6-7-8-9-10-11-12-13-14-16-20-17-15-18-21(24)23(20)27-19-22(25)26-2;1-2(3)4/h16,23H,3-15,17-19H2,1-2H3;1H3,(H,3,4)/b20-16+;/t23-;/m0./s1. The van der Waals surface area contributed by atoms with Gasteiger partial charge in [-0.05, 0) is 25.7 Å². The van der Waals surface area contributed by atoms with E-state index in [1.807, 2.05) is 0 Å². The Morgan fingerprint density at radius 3 is 2.03 bits per heavy atom. The van der Waals surface area contributed by atoms with E-state index in [9.17, 15) is 9.59 Å². The summed E-state index contributed by atoms with van der Waals surface area (Å²) in [6.45, 7) is 3.35. The first kappa shape index (κ1) is 29.7. The molecule has 0 radical (unpaired) electrons. The molecular weight excluding hydrogens is 412 g/mol. The van der Waals surface area contributed by atoms with Crippen molar-refractivity contribution < 1.29 is 24.2 Å². The molecule has 1 saturated carbocycles. The van der Waals surface area contributed by atoms with Crippen molar-refractivity contribution in [2.24, 2.45) is 0 Å². The zero-order valence-electron chi connectivity index (χ0n) is 20.0. The average molecular weight is 457 g/mol. The van der Waals surface area contributed by atoms with Gasteiger partial charge in [-0.25, -0.2) is 0 Å². The van der Waals surface area contributed by atoms with Gasteiger partial charge >= 0.3 is 5.97 Å². The summed E-state index contributed by atoms with van der Waals surface area (Å²) in [5.41, 5.74) is 1.24. The van der Waals surface area contributed by atoms with E-state index in [2.05, 4.69) is 13.0 Å². The van der Waals surface area contributed by atoms with Gasteiger partial charge in [0.1, 0.15) is 5.78 Å². The molecule has 0 amide bonds. The number of carboxylic acids is 1. The van der Waals surface area contributed by atoms with Crippen molar-refractivity contribution in [3.8, 4) is 0 Å². The lowest BCUT2D eigenvalue weighted by Gasteiger charge is -2.23. The summed E-state index contributed by atoms with van der Waals surface area (Å²) in [6.07, 6.45) is 20.9. The number of allylic oxidation sites excluding steroid dienone is 1. The fraction of sp³-hybridized carbons (Fsp3) is 0.800. The van der Waals surface area contributed by atoms with Crippen LogP contribution in [0.2, 0.25) is 0 Å². The summed E-state index contributed by atoms with van der Waals surface area (Å²) < 4.78 is 4.70. The third-order valence-electron chi connectivity index (χ3n) is 5.33. The van der Waals surface area contributed by atoms with Crippen LogP contribution in [0.4, 0.5) is 0 Å². The van der Waals surface area contributed by atoms with Gasteiger partial charge in [0.15, 0.2) is 0 Å². The molecule has 180 valence electrons. The number of carbonyl (C=O) groups is 3. The van der Waals surface area contributed by atoms with Crippen molar-refractivity contribution in [3.63, 3.8) is 0 Å². The summed E-state index contributed by atoms with van der Waals surface area (Å²) in [5, 5.41) is 7.30. The van der Waals surface area contributed by atoms with E-state index in [0.717, 1.165) is 26.2 Å². The van der Waals surface area contributed by atoms with Crippen LogP contribution in [-0.4, -0.2) is 40.9 Å². The zero-order valence-corrected chi connectivity index (χ0v) is 20.8. The number of hydrogen-bond acceptors (Lipinski definition) is 5. The number of aliphatic carboxylic acids is 1. The maximum Gasteiger partial charge on any atom is 0.315 e. The summed E-state index contributed by atoms with van der Waals surface area (Å²) in [7, 11) is 1.40. The predicted octanol–water partition coefficient (Wildman–Crippen LogP) is 6.73. The van der Waals surface area contributed by atoms with E-state index in [0.29, 0.717) is 6.42 Å². The Balaban J connectivity index is 0.00000206. The molecular formula is C25H44O5S. The molecule has 1 rings (SSSR count). The molecule has 0 spiro atoms. The summed E-state index contributed by atoms with van der Waals surface area (Å²) >= 11 is 1.44. The third-order valence-corrected chi connectivity index (χ3v) is 6.63. The van der Waals surface area contributed by atoms with Gasteiger partial charge in [-0.1, -0.05) is 82.8 Å². The molecule has 5 nitrogen and oxygen atoms in total. The first-order chi connectivity index (χ1) is 14.9. The molecule has 0 bridgehead atoms. The molecule has 0 heterocycles. The number of ketones is 1. The monoisotopic (exact) mass is 456 g/mol. The number of thioether (sulfide) groups is 1. The third kappa shape index (κ3) is 18.0. The molecule has 1 N–H and O–H groups in total. The molecule has 1 atom stereocenters. The number of methoxy groups -OCH3 is 1. The number of carboxylic acid groups (broad SMARTS) is 1. The van der Waals surface area contributed by atoms with Gasteiger partial charge in [-0.2, -0.15) is 0 Å². The van der Waals surface area contributed by atoms with Gasteiger partial charge in [0.25, 0.3) is 5.97 Å². The second kappa shape index (κ2) is 20.6. The lowest BCUT2D eigenvalue weighted by molar-refractivity contribution is -0.137. The summed E-state index contributed by atoms with van der Waals surface area (Å²) in [4.78, 5) is 32.6. The van der Waals surface area contributed by atoms with Crippen molar-refractivity contribution in [1.29, 1.82) is 0 Å². The quantitative estimate of drug-likeness (QED) is 0.167. The molecule has 0 aromatic carbocycles. The second-order valence-electron chi connectivity index (χ2n) is 8.21. The van der Waals surface area contributed by atoms with Crippen molar-refractivity contribution in [2.75, 3.05) is 12.9 Å². The van der Waals surface area contributed by atoms with E-state index in [1.165, 1.54) is 95.1 Å². The SMILES string of the molecule is CC(=O)O.CCCCCCCCCCCCC/C=C1\CCCC(=O)[C@H]1SCC(=O)OC. The average Bonchev–Trinajstić information content (AvgIpc) is 2.73. The fourth-order valence-corrected chi connectivity index (χ4v) is 4.80. The second-order valence-corrected chi connectivity index (χ2v) is 9.30. The molecule has 1 aliphatic carbocycles. The van der Waals surface area contributed by atoms with Crippen LogP contribution < -0.4 is 0 Å². The molecule has 0 aromatic rings. The predicted molar refractivity (Wildman–Crippen MR) is 130 cm³/mol. The number of carbonyl (C=O) groups excluding carboxylic acids is 2. The summed E-state index contributed by atoms with van der Waals surface area (Å²) in [6, 6.07) is 0. The zero-order chi connectivity index (χ0) is 23.3. The minimum Gasteiger partial charge on any atom is -0.481 e. The Morgan fingerprint density at radius 1 is 1.00 bits per heavy atom. The van der Waals surface area contributed by atoms with Crippen molar-refractivity contribution in [2.45, 2.75) is 115 Å². The van der Waals surface area contributed by atoms with E-state index in [-0.39, 0.29) is 22.8 Å². The van der Waals surface area contributed by atoms with Gasteiger partial charge in [0, 0.05) is 13.3 Å². The smallest absolute Gasteiger partial charge is 0.315 e. The fourth-order valence-electron chi connectivity index (χ4n) is 3.65. The molecule has 0 unspecified atom stereocenters. The Morgan fingerprint density at radius 2 is 1.52 bits per heavy atom. The van der Waals surface area contributed by atoms with Crippen LogP contribution in [0.5, 0.6) is 0 Å². The van der Waals surface area contributed by atoms with Crippen molar-refractivity contribution in [3.05, 3.63) is 11.6 Å². The van der Waals surface area contributed by atoms with Crippen LogP contribution >= 0.6 is 11.8 Å². The van der Waals surface area contributed by atoms with Crippen molar-refractivity contribution in [1.82, 2.24) is 0 Å². The largest absolute Gasteiger partial charge is 0.481 e. The normalized spacial score (nSPS) is 17.2. The topological polar surface area (TPSA) is 80.7 Å². The molecule has 0 aliphatic heterocycles. The van der Waals surface area contributed by atoms with Crippen molar-refractivity contribution >= 4 is 29.5 Å². The highest BCUT2D eigenvalue weighted by Crippen LogP contribution is 2.31. The first-order valence-corrected chi connectivity index (χ1v) is 13.1. The van der Waals surface area contributed by atoms with Gasteiger partial charge in [-0.3, -0.25) is 14.4 Å². The van der Waals surface area contributed by atoms with Gasteiger partial charge in [-0.15, -0.1) is 11.8 Å². The number of Topliss-reactive ketones (excluding diaryl/α,β-unsaturated/α-hetero) is 1. The van der Waals surface area contributed by atoms with Gasteiger partial charge in [0.05, 0.1) is 18.1 Å². The van der Waals surface area contributed by atoms with Crippen LogP contribution in [0.15, 0.2) is 11.6 Å². The number of ether oxygens (including phenoxy) is 1. The maximum atomic E-state index is 12.2. The number of hydrogen-bond donors (Lipinski definition) is 1.